The van der Waals surface area contributed by atoms with Gasteiger partial charge in [0.15, 0.2) is 0 Å². The summed E-state index contributed by atoms with van der Waals surface area (Å²) in [5.41, 5.74) is 8.29. The molecule has 0 bridgehead atoms. The molecule has 8 heteroatoms. The molecule has 1 aromatic carbocycles. The van der Waals surface area contributed by atoms with Crippen LogP contribution in [0.25, 0.3) is 10.2 Å². The van der Waals surface area contributed by atoms with Crippen molar-refractivity contribution in [3.63, 3.8) is 0 Å². The second kappa shape index (κ2) is 8.56. The van der Waals surface area contributed by atoms with E-state index in [2.05, 4.69) is 15.9 Å². The average molecular weight is 423 g/mol. The van der Waals surface area contributed by atoms with Gasteiger partial charge in [-0.1, -0.05) is 18.2 Å². The number of fused-ring (bicyclic) bond motifs is 1. The van der Waals surface area contributed by atoms with Gasteiger partial charge in [0.05, 0.1) is 23.7 Å². The van der Waals surface area contributed by atoms with Crippen molar-refractivity contribution in [2.24, 2.45) is 5.73 Å². The molecule has 2 aromatic heterocycles. The van der Waals surface area contributed by atoms with Gasteiger partial charge in [0.1, 0.15) is 4.70 Å². The lowest BCUT2D eigenvalue weighted by molar-refractivity contribution is 0.406. The van der Waals surface area contributed by atoms with Gasteiger partial charge >= 0.3 is 0 Å². The van der Waals surface area contributed by atoms with Crippen molar-refractivity contribution >= 4 is 27.5 Å². The minimum atomic E-state index is -0.0584. The number of thiophene rings is 1. The predicted molar refractivity (Wildman–Crippen MR) is 121 cm³/mol. The zero-order chi connectivity index (χ0) is 21.3. The van der Waals surface area contributed by atoms with Gasteiger partial charge in [-0.05, 0) is 44.6 Å². The maximum atomic E-state index is 13.6. The van der Waals surface area contributed by atoms with E-state index >= 15 is 0 Å². The lowest BCUT2D eigenvalue weighted by atomic mass is 10.1. The number of benzene rings is 1. The van der Waals surface area contributed by atoms with Gasteiger partial charge in [-0.25, -0.2) is 4.98 Å². The molecule has 30 heavy (non-hydrogen) atoms. The number of nitriles is 1. The maximum Gasteiger partial charge on any atom is 0.273 e. The van der Waals surface area contributed by atoms with Crippen LogP contribution in [0.5, 0.6) is 0 Å². The highest BCUT2D eigenvalue weighted by Crippen LogP contribution is 2.26. The van der Waals surface area contributed by atoms with Crippen molar-refractivity contribution in [2.45, 2.75) is 32.0 Å². The van der Waals surface area contributed by atoms with Gasteiger partial charge in [-0.2, -0.15) is 5.26 Å². The van der Waals surface area contributed by atoms with Crippen LogP contribution in [0.2, 0.25) is 0 Å². The fourth-order valence-corrected chi connectivity index (χ4v) is 5.11. The molecule has 1 aliphatic rings. The van der Waals surface area contributed by atoms with E-state index in [-0.39, 0.29) is 11.6 Å². The topological polar surface area (TPSA) is 91.2 Å². The molecule has 156 valence electrons. The summed E-state index contributed by atoms with van der Waals surface area (Å²) in [6.45, 7) is 2.57. The van der Waals surface area contributed by atoms with Gasteiger partial charge in [0.2, 0.25) is 5.95 Å². The minimum Gasteiger partial charge on any atom is -0.341 e. The Kier molecular flexibility index (Phi) is 5.86. The molecular weight excluding hydrogens is 396 g/mol. The van der Waals surface area contributed by atoms with E-state index in [4.69, 9.17) is 10.7 Å². The first-order valence-electron chi connectivity index (χ1n) is 10.1. The quantitative estimate of drug-likeness (QED) is 0.679. The first kappa shape index (κ1) is 20.5. The fraction of sp³-hybridized carbons (Fsp3) is 0.409. The molecule has 3 aromatic rings. The fourth-order valence-electron chi connectivity index (χ4n) is 3.95. The molecule has 1 fully saturated rings. The third kappa shape index (κ3) is 4.10. The minimum absolute atomic E-state index is 0.0584. The van der Waals surface area contributed by atoms with E-state index in [0.29, 0.717) is 29.3 Å². The molecule has 1 atom stereocenters. The number of nitrogens with zero attached hydrogens (tertiary/aromatic N) is 5. The summed E-state index contributed by atoms with van der Waals surface area (Å²) < 4.78 is 2.37. The Balaban J connectivity index is 1.86. The zero-order valence-electron chi connectivity index (χ0n) is 17.3. The SMILES string of the molecule is CN(C)Cc1cc2nc(N3CCCC(N)C3)n(Cc3ccccc3C#N)c(=O)c2s1. The van der Waals surface area contributed by atoms with Gasteiger partial charge in [-0.15, -0.1) is 11.3 Å². The summed E-state index contributed by atoms with van der Waals surface area (Å²) in [4.78, 5) is 23.8. The van der Waals surface area contributed by atoms with Crippen LogP contribution >= 0.6 is 11.3 Å². The highest BCUT2D eigenvalue weighted by atomic mass is 32.1. The highest BCUT2D eigenvalue weighted by molar-refractivity contribution is 7.18. The molecule has 0 radical (unpaired) electrons. The molecule has 4 rings (SSSR count). The lowest BCUT2D eigenvalue weighted by Gasteiger charge is -2.33. The standard InChI is InChI=1S/C22H26N6OS/c1-26(2)14-18-10-19-20(30-18)21(29)28(12-16-7-4-3-6-15(16)11-23)22(25-19)27-9-5-8-17(24)13-27/h3-4,6-7,10,17H,5,8-9,12-14,24H2,1-2H3. The Labute approximate surface area is 180 Å². The summed E-state index contributed by atoms with van der Waals surface area (Å²) in [6, 6.07) is 11.7. The zero-order valence-corrected chi connectivity index (χ0v) is 18.2. The molecular formula is C22H26N6OS. The molecule has 1 unspecified atom stereocenters. The molecule has 1 saturated heterocycles. The summed E-state index contributed by atoms with van der Waals surface area (Å²) in [5.74, 6) is 0.643. The van der Waals surface area contributed by atoms with Crippen molar-refractivity contribution in [3.05, 3.63) is 56.7 Å². The largest absolute Gasteiger partial charge is 0.341 e. The molecule has 0 saturated carbocycles. The monoisotopic (exact) mass is 422 g/mol. The smallest absolute Gasteiger partial charge is 0.273 e. The van der Waals surface area contributed by atoms with E-state index in [1.54, 1.807) is 10.6 Å². The summed E-state index contributed by atoms with van der Waals surface area (Å²) in [6.07, 6.45) is 1.95. The summed E-state index contributed by atoms with van der Waals surface area (Å²) in [5, 5.41) is 9.49. The van der Waals surface area contributed by atoms with Gasteiger partial charge < -0.3 is 15.5 Å². The van der Waals surface area contributed by atoms with E-state index in [1.165, 1.54) is 11.3 Å². The molecule has 0 aliphatic carbocycles. The highest BCUT2D eigenvalue weighted by Gasteiger charge is 2.24. The predicted octanol–water partition coefficient (Wildman–Crippen LogP) is 2.37. The van der Waals surface area contributed by atoms with E-state index < -0.39 is 0 Å². The van der Waals surface area contributed by atoms with Crippen LogP contribution in [0, 0.1) is 11.3 Å². The number of hydrogen-bond donors (Lipinski definition) is 1. The number of aromatic nitrogens is 2. The third-order valence-corrected chi connectivity index (χ3v) is 6.44. The maximum absolute atomic E-state index is 13.6. The van der Waals surface area contributed by atoms with Crippen LogP contribution in [-0.4, -0.2) is 47.7 Å². The second-order valence-corrected chi connectivity index (χ2v) is 9.22. The van der Waals surface area contributed by atoms with Crippen LogP contribution in [0.15, 0.2) is 35.1 Å². The number of hydrogen-bond acceptors (Lipinski definition) is 7. The second-order valence-electron chi connectivity index (χ2n) is 8.09. The van der Waals surface area contributed by atoms with Crippen LogP contribution < -0.4 is 16.2 Å². The van der Waals surface area contributed by atoms with Gasteiger partial charge in [-0.3, -0.25) is 9.36 Å². The van der Waals surface area contributed by atoms with Gasteiger partial charge in [0.25, 0.3) is 5.56 Å². The third-order valence-electron chi connectivity index (χ3n) is 5.34. The molecule has 3 heterocycles. The van der Waals surface area contributed by atoms with Crippen molar-refractivity contribution in [1.82, 2.24) is 14.5 Å². The van der Waals surface area contributed by atoms with Crippen LogP contribution in [0.1, 0.15) is 28.8 Å². The Morgan fingerprint density at radius 1 is 1.37 bits per heavy atom. The Bertz CT molecular complexity index is 1160. The Morgan fingerprint density at radius 2 is 2.17 bits per heavy atom. The molecule has 2 N–H and O–H groups in total. The van der Waals surface area contributed by atoms with Crippen molar-refractivity contribution in [1.29, 1.82) is 5.26 Å². The molecule has 0 spiro atoms. The number of piperidine rings is 1. The summed E-state index contributed by atoms with van der Waals surface area (Å²) >= 11 is 1.50. The number of anilines is 1. The first-order valence-corrected chi connectivity index (χ1v) is 10.9. The Morgan fingerprint density at radius 3 is 2.90 bits per heavy atom. The van der Waals surface area contributed by atoms with Crippen molar-refractivity contribution < 1.29 is 0 Å². The van der Waals surface area contributed by atoms with Crippen LogP contribution in [0.3, 0.4) is 0 Å². The van der Waals surface area contributed by atoms with E-state index in [1.807, 2.05) is 38.4 Å². The lowest BCUT2D eigenvalue weighted by Crippen LogP contribution is -2.45. The Hall–Kier alpha value is -2.73. The average Bonchev–Trinajstić information content (AvgIpc) is 3.12. The number of nitrogens with two attached hydrogens (primary N) is 1. The molecule has 7 nitrogen and oxygen atoms in total. The van der Waals surface area contributed by atoms with Crippen LogP contribution in [-0.2, 0) is 13.1 Å². The van der Waals surface area contributed by atoms with E-state index in [0.717, 1.165) is 41.9 Å². The normalized spacial score (nSPS) is 16.9. The number of rotatable bonds is 5. The first-order chi connectivity index (χ1) is 14.5. The van der Waals surface area contributed by atoms with E-state index in [9.17, 15) is 10.1 Å². The van der Waals surface area contributed by atoms with Crippen molar-refractivity contribution in [2.75, 3.05) is 32.1 Å². The van der Waals surface area contributed by atoms with Crippen molar-refractivity contribution in [3.8, 4) is 6.07 Å². The molecule has 1 aliphatic heterocycles. The van der Waals surface area contributed by atoms with Gasteiger partial charge in [0, 0.05) is 30.6 Å². The van der Waals surface area contributed by atoms with Crippen LogP contribution in [0.4, 0.5) is 5.95 Å². The molecule has 0 amide bonds. The summed E-state index contributed by atoms with van der Waals surface area (Å²) in [7, 11) is 4.02.